The predicted molar refractivity (Wildman–Crippen MR) is 112 cm³/mol. The summed E-state index contributed by atoms with van der Waals surface area (Å²) in [6.07, 6.45) is -0.455. The van der Waals surface area contributed by atoms with E-state index in [1.54, 1.807) is 20.3 Å². The van der Waals surface area contributed by atoms with Gasteiger partial charge in [0.2, 0.25) is 0 Å². The van der Waals surface area contributed by atoms with E-state index in [1.165, 1.54) is 5.69 Å². The van der Waals surface area contributed by atoms with Gasteiger partial charge in [0.15, 0.2) is 17.3 Å². The molecule has 29 heavy (non-hydrogen) atoms. The molecule has 1 fully saturated rings. The minimum atomic E-state index is -0.455. The van der Waals surface area contributed by atoms with E-state index in [0.717, 1.165) is 37.4 Å². The number of ketones is 1. The summed E-state index contributed by atoms with van der Waals surface area (Å²) < 4.78 is 16.6. The monoisotopic (exact) mass is 397 g/mol. The first-order valence-electron chi connectivity index (χ1n) is 9.82. The molecule has 154 valence electrons. The number of hydrogen-bond acceptors (Lipinski definition) is 7. The number of carbonyl (C=O) groups is 1. The fourth-order valence-corrected chi connectivity index (χ4v) is 3.95. The fraction of sp³-hybridized carbons (Fsp3) is 0.409. The standard InChI is InChI=1S/C22H27N3O4/c1-27-19-11-15-14-29-21(22(26)18(15)12-20(19)28-2)13-24-7-9-25(10-8-24)17-5-3-16(23)4-6-17/h3-6,11-12,21H,7-10,13-14,23H2,1-2H3. The van der Waals surface area contributed by atoms with Crippen molar-refractivity contribution in [2.45, 2.75) is 12.7 Å². The van der Waals surface area contributed by atoms with Crippen LogP contribution < -0.4 is 20.1 Å². The highest BCUT2D eigenvalue weighted by atomic mass is 16.5. The lowest BCUT2D eigenvalue weighted by Crippen LogP contribution is -2.50. The topological polar surface area (TPSA) is 77.3 Å². The number of nitrogens with two attached hydrogens (primary N) is 1. The van der Waals surface area contributed by atoms with E-state index in [4.69, 9.17) is 19.9 Å². The Bertz CT molecular complexity index is 876. The van der Waals surface area contributed by atoms with Crippen molar-refractivity contribution < 1.29 is 19.0 Å². The zero-order valence-corrected chi connectivity index (χ0v) is 16.9. The second kappa shape index (κ2) is 8.31. The van der Waals surface area contributed by atoms with Crippen molar-refractivity contribution in [1.29, 1.82) is 0 Å². The molecule has 1 saturated heterocycles. The van der Waals surface area contributed by atoms with Gasteiger partial charge in [-0.3, -0.25) is 9.69 Å². The minimum absolute atomic E-state index is 0.00756. The summed E-state index contributed by atoms with van der Waals surface area (Å²) in [6.45, 7) is 4.59. The third-order valence-electron chi connectivity index (χ3n) is 5.66. The van der Waals surface area contributed by atoms with Gasteiger partial charge in [0.05, 0.1) is 20.8 Å². The molecule has 2 N–H and O–H groups in total. The number of anilines is 2. The van der Waals surface area contributed by atoms with Crippen molar-refractivity contribution in [2.75, 3.05) is 57.6 Å². The number of Topliss-reactive ketones (excluding diaryl/α,β-unsaturated/α-hetero) is 1. The van der Waals surface area contributed by atoms with Crippen molar-refractivity contribution in [1.82, 2.24) is 4.90 Å². The highest BCUT2D eigenvalue weighted by molar-refractivity contribution is 6.02. The van der Waals surface area contributed by atoms with Crippen LogP contribution in [0, 0.1) is 0 Å². The maximum absolute atomic E-state index is 13.0. The summed E-state index contributed by atoms with van der Waals surface area (Å²) >= 11 is 0. The number of nitrogen functional groups attached to an aromatic ring is 1. The minimum Gasteiger partial charge on any atom is -0.493 e. The molecule has 0 aromatic heterocycles. The van der Waals surface area contributed by atoms with Crippen molar-refractivity contribution in [3.05, 3.63) is 47.5 Å². The number of ether oxygens (including phenoxy) is 3. The SMILES string of the molecule is COc1cc2c(cc1OC)C(=O)C(CN1CCN(c3ccc(N)cc3)CC1)OC2. The zero-order chi connectivity index (χ0) is 20.4. The number of methoxy groups -OCH3 is 2. The first-order valence-corrected chi connectivity index (χ1v) is 9.82. The van der Waals surface area contributed by atoms with Gasteiger partial charge < -0.3 is 24.8 Å². The molecule has 1 atom stereocenters. The molecule has 0 aliphatic carbocycles. The van der Waals surface area contributed by atoms with E-state index in [2.05, 4.69) is 21.9 Å². The van der Waals surface area contributed by atoms with Crippen molar-refractivity contribution >= 4 is 17.2 Å². The average Bonchev–Trinajstić information content (AvgIpc) is 2.76. The van der Waals surface area contributed by atoms with Crippen LogP contribution in [0.2, 0.25) is 0 Å². The Kier molecular flexibility index (Phi) is 5.60. The second-order valence-corrected chi connectivity index (χ2v) is 7.41. The normalized spacial score (nSPS) is 19.7. The molecular weight excluding hydrogens is 370 g/mol. The lowest BCUT2D eigenvalue weighted by molar-refractivity contribution is 0.00988. The van der Waals surface area contributed by atoms with Gasteiger partial charge in [-0.15, -0.1) is 0 Å². The Hall–Kier alpha value is -2.77. The van der Waals surface area contributed by atoms with Crippen LogP contribution >= 0.6 is 0 Å². The molecule has 2 aromatic rings. The lowest BCUT2D eigenvalue weighted by atomic mass is 9.96. The Morgan fingerprint density at radius 3 is 2.34 bits per heavy atom. The molecule has 2 aliphatic heterocycles. The molecule has 0 amide bonds. The molecule has 4 rings (SSSR count). The van der Waals surface area contributed by atoms with Crippen molar-refractivity contribution in [3.63, 3.8) is 0 Å². The summed E-state index contributed by atoms with van der Waals surface area (Å²) in [6, 6.07) is 11.6. The van der Waals surface area contributed by atoms with E-state index in [-0.39, 0.29) is 5.78 Å². The third-order valence-corrected chi connectivity index (χ3v) is 5.66. The molecule has 0 radical (unpaired) electrons. The van der Waals surface area contributed by atoms with Gasteiger partial charge in [0.1, 0.15) is 6.10 Å². The molecule has 2 heterocycles. The van der Waals surface area contributed by atoms with Crippen molar-refractivity contribution in [3.8, 4) is 11.5 Å². The van der Waals surface area contributed by atoms with Gasteiger partial charge in [0.25, 0.3) is 0 Å². The first-order chi connectivity index (χ1) is 14.1. The van der Waals surface area contributed by atoms with E-state index >= 15 is 0 Å². The van der Waals surface area contributed by atoms with E-state index in [1.807, 2.05) is 18.2 Å². The smallest absolute Gasteiger partial charge is 0.193 e. The van der Waals surface area contributed by atoms with E-state index < -0.39 is 6.10 Å². The van der Waals surface area contributed by atoms with Gasteiger partial charge >= 0.3 is 0 Å². The van der Waals surface area contributed by atoms with Crippen LogP contribution in [0.4, 0.5) is 11.4 Å². The average molecular weight is 397 g/mol. The third kappa shape index (κ3) is 4.02. The molecule has 7 nitrogen and oxygen atoms in total. The molecular formula is C22H27N3O4. The van der Waals surface area contributed by atoms with Crippen LogP contribution in [-0.2, 0) is 11.3 Å². The van der Waals surface area contributed by atoms with Crippen LogP contribution in [0.1, 0.15) is 15.9 Å². The Labute approximate surface area is 170 Å². The Morgan fingerprint density at radius 2 is 1.69 bits per heavy atom. The summed E-state index contributed by atoms with van der Waals surface area (Å²) in [5.41, 5.74) is 9.24. The Balaban J connectivity index is 1.39. The van der Waals surface area contributed by atoms with Gasteiger partial charge in [-0.2, -0.15) is 0 Å². The molecule has 1 unspecified atom stereocenters. The zero-order valence-electron chi connectivity index (χ0n) is 16.9. The van der Waals surface area contributed by atoms with Crippen LogP contribution in [-0.4, -0.2) is 63.7 Å². The van der Waals surface area contributed by atoms with Gasteiger partial charge in [0, 0.05) is 49.7 Å². The maximum Gasteiger partial charge on any atom is 0.193 e. The molecule has 2 aromatic carbocycles. The van der Waals surface area contributed by atoms with Gasteiger partial charge in [-0.05, 0) is 42.0 Å². The summed E-state index contributed by atoms with van der Waals surface area (Å²) in [4.78, 5) is 17.6. The molecule has 2 aliphatic rings. The van der Waals surface area contributed by atoms with Crippen molar-refractivity contribution in [2.24, 2.45) is 0 Å². The number of benzene rings is 2. The van der Waals surface area contributed by atoms with Gasteiger partial charge in [-0.25, -0.2) is 0 Å². The molecule has 0 saturated carbocycles. The largest absolute Gasteiger partial charge is 0.493 e. The number of hydrogen-bond donors (Lipinski definition) is 1. The highest BCUT2D eigenvalue weighted by Crippen LogP contribution is 2.34. The molecule has 0 spiro atoms. The van der Waals surface area contributed by atoms with Gasteiger partial charge in [-0.1, -0.05) is 0 Å². The summed E-state index contributed by atoms with van der Waals surface area (Å²) in [7, 11) is 3.16. The number of rotatable bonds is 5. The van der Waals surface area contributed by atoms with E-state index in [0.29, 0.717) is 30.2 Å². The van der Waals surface area contributed by atoms with Crippen LogP contribution in [0.5, 0.6) is 11.5 Å². The predicted octanol–water partition coefficient (Wildman–Crippen LogP) is 2.19. The first kappa shape index (κ1) is 19.5. The second-order valence-electron chi connectivity index (χ2n) is 7.41. The maximum atomic E-state index is 13.0. The quantitative estimate of drug-likeness (QED) is 0.775. The molecule has 0 bridgehead atoms. The number of nitrogens with zero attached hydrogens (tertiary/aromatic N) is 2. The summed E-state index contributed by atoms with van der Waals surface area (Å²) in [5.74, 6) is 1.19. The highest BCUT2D eigenvalue weighted by Gasteiger charge is 2.32. The fourth-order valence-electron chi connectivity index (χ4n) is 3.95. The molecule has 7 heteroatoms. The van der Waals surface area contributed by atoms with Crippen LogP contribution in [0.25, 0.3) is 0 Å². The lowest BCUT2D eigenvalue weighted by Gasteiger charge is -2.38. The summed E-state index contributed by atoms with van der Waals surface area (Å²) in [5, 5.41) is 0. The number of carbonyl (C=O) groups excluding carboxylic acids is 1. The number of fused-ring (bicyclic) bond motifs is 1. The number of piperazine rings is 1. The Morgan fingerprint density at radius 1 is 1.03 bits per heavy atom. The van der Waals surface area contributed by atoms with E-state index in [9.17, 15) is 4.79 Å². The van der Waals surface area contributed by atoms with Crippen LogP contribution in [0.15, 0.2) is 36.4 Å². The van der Waals surface area contributed by atoms with Crippen LogP contribution in [0.3, 0.4) is 0 Å².